The third-order valence-corrected chi connectivity index (χ3v) is 5.60. The van der Waals surface area contributed by atoms with Gasteiger partial charge in [-0.3, -0.25) is 4.68 Å². The first kappa shape index (κ1) is 21.0. The molecule has 1 aliphatic rings. The van der Waals surface area contributed by atoms with Gasteiger partial charge in [0.1, 0.15) is 12.4 Å². The zero-order valence-electron chi connectivity index (χ0n) is 18.4. The lowest BCUT2D eigenvalue weighted by atomic mass is 10.0. The summed E-state index contributed by atoms with van der Waals surface area (Å²) in [6, 6.07) is 18.4. The van der Waals surface area contributed by atoms with Gasteiger partial charge in [0.15, 0.2) is 5.96 Å². The van der Waals surface area contributed by atoms with Crippen LogP contribution in [-0.4, -0.2) is 40.3 Å². The van der Waals surface area contributed by atoms with Gasteiger partial charge in [-0.15, -0.1) is 0 Å². The van der Waals surface area contributed by atoms with Crippen LogP contribution in [0.15, 0.2) is 72.0 Å². The number of hydrogen-bond donors (Lipinski definition) is 1. The number of ether oxygens (including phenoxy) is 1. The third kappa shape index (κ3) is 5.66. The maximum atomic E-state index is 5.88. The molecular formula is C25H31N5O. The molecule has 2 aromatic carbocycles. The van der Waals surface area contributed by atoms with Gasteiger partial charge in [-0.1, -0.05) is 42.5 Å². The summed E-state index contributed by atoms with van der Waals surface area (Å²) in [5, 5.41) is 7.78. The first-order valence-electron chi connectivity index (χ1n) is 11.0. The van der Waals surface area contributed by atoms with E-state index in [2.05, 4.69) is 52.7 Å². The van der Waals surface area contributed by atoms with Crippen molar-refractivity contribution in [2.75, 3.05) is 19.6 Å². The quantitative estimate of drug-likeness (QED) is 0.467. The number of aliphatic imine (C=N–C) groups is 1. The van der Waals surface area contributed by atoms with Crippen molar-refractivity contribution in [3.8, 4) is 5.75 Å². The Labute approximate surface area is 184 Å². The Hall–Kier alpha value is -3.28. The van der Waals surface area contributed by atoms with Crippen molar-refractivity contribution in [3.05, 3.63) is 83.7 Å². The third-order valence-electron chi connectivity index (χ3n) is 5.60. The largest absolute Gasteiger partial charge is 0.489 e. The fraction of sp³-hybridized carbons (Fsp3) is 0.360. The molecule has 6 nitrogen and oxygen atoms in total. The Kier molecular flexibility index (Phi) is 6.87. The van der Waals surface area contributed by atoms with Crippen LogP contribution in [0.3, 0.4) is 0 Å². The zero-order chi connectivity index (χ0) is 21.5. The summed E-state index contributed by atoms with van der Waals surface area (Å²) in [6.45, 7) is 6.19. The van der Waals surface area contributed by atoms with E-state index in [0.29, 0.717) is 19.1 Å². The molecule has 1 unspecified atom stereocenters. The summed E-state index contributed by atoms with van der Waals surface area (Å²) in [4.78, 5) is 7.25. The van der Waals surface area contributed by atoms with Gasteiger partial charge in [0.05, 0.1) is 12.7 Å². The standard InChI is InChI=1S/C25H31N5O/c1-3-26-25(30-14-13-22(18-30)23-16-28-29(2)17-23)27-15-20-9-11-24(12-10-20)31-19-21-7-5-4-6-8-21/h4-12,16-17,22H,3,13-15,18-19H2,1-2H3,(H,26,27). The van der Waals surface area contributed by atoms with E-state index in [0.717, 1.165) is 37.8 Å². The molecule has 0 aliphatic carbocycles. The molecule has 4 rings (SSSR count). The van der Waals surface area contributed by atoms with E-state index >= 15 is 0 Å². The summed E-state index contributed by atoms with van der Waals surface area (Å²) < 4.78 is 7.76. The Bertz CT molecular complexity index is 981. The van der Waals surface area contributed by atoms with Crippen molar-refractivity contribution in [1.29, 1.82) is 0 Å². The normalized spacial score (nSPS) is 16.5. The van der Waals surface area contributed by atoms with Crippen molar-refractivity contribution in [2.24, 2.45) is 12.0 Å². The molecule has 0 amide bonds. The molecule has 1 aromatic heterocycles. The average molecular weight is 418 g/mol. The maximum Gasteiger partial charge on any atom is 0.194 e. The topological polar surface area (TPSA) is 54.7 Å². The first-order chi connectivity index (χ1) is 15.2. The van der Waals surface area contributed by atoms with E-state index in [9.17, 15) is 0 Å². The molecule has 3 aromatic rings. The smallest absolute Gasteiger partial charge is 0.194 e. The molecule has 0 bridgehead atoms. The van der Waals surface area contributed by atoms with E-state index in [1.165, 1.54) is 16.7 Å². The van der Waals surface area contributed by atoms with Crippen molar-refractivity contribution in [2.45, 2.75) is 32.4 Å². The van der Waals surface area contributed by atoms with E-state index in [-0.39, 0.29) is 0 Å². The van der Waals surface area contributed by atoms with Crippen LogP contribution in [0.5, 0.6) is 5.75 Å². The molecule has 0 saturated carbocycles. The molecule has 31 heavy (non-hydrogen) atoms. The van der Waals surface area contributed by atoms with E-state index in [4.69, 9.17) is 9.73 Å². The summed E-state index contributed by atoms with van der Waals surface area (Å²) in [5.74, 6) is 2.37. The number of nitrogens with zero attached hydrogens (tertiary/aromatic N) is 4. The lowest BCUT2D eigenvalue weighted by molar-refractivity contribution is 0.306. The van der Waals surface area contributed by atoms with E-state index in [1.807, 2.05) is 48.3 Å². The Morgan fingerprint density at radius 3 is 2.65 bits per heavy atom. The number of aryl methyl sites for hydroxylation is 1. The summed E-state index contributed by atoms with van der Waals surface area (Å²) in [5.41, 5.74) is 3.65. The fourth-order valence-corrected chi connectivity index (χ4v) is 3.90. The molecular weight excluding hydrogens is 386 g/mol. The van der Waals surface area contributed by atoms with Crippen LogP contribution in [0.25, 0.3) is 0 Å². The minimum Gasteiger partial charge on any atom is -0.489 e. The molecule has 1 atom stereocenters. The first-order valence-corrected chi connectivity index (χ1v) is 11.0. The molecule has 162 valence electrons. The van der Waals surface area contributed by atoms with Crippen LogP contribution in [0.2, 0.25) is 0 Å². The Morgan fingerprint density at radius 1 is 1.13 bits per heavy atom. The van der Waals surface area contributed by atoms with Crippen LogP contribution in [0, 0.1) is 0 Å². The summed E-state index contributed by atoms with van der Waals surface area (Å²) in [7, 11) is 1.97. The average Bonchev–Trinajstić information content (AvgIpc) is 3.46. The fourth-order valence-electron chi connectivity index (χ4n) is 3.90. The second kappa shape index (κ2) is 10.2. The highest BCUT2D eigenvalue weighted by Gasteiger charge is 2.26. The zero-order valence-corrected chi connectivity index (χ0v) is 18.4. The molecule has 1 aliphatic heterocycles. The van der Waals surface area contributed by atoms with Gasteiger partial charge in [0.2, 0.25) is 0 Å². The van der Waals surface area contributed by atoms with E-state index < -0.39 is 0 Å². The number of hydrogen-bond acceptors (Lipinski definition) is 3. The SMILES string of the molecule is CCNC(=NCc1ccc(OCc2ccccc2)cc1)N1CCC(c2cnn(C)c2)C1. The van der Waals surface area contributed by atoms with Crippen LogP contribution in [0.1, 0.15) is 36.0 Å². The van der Waals surface area contributed by atoms with Gasteiger partial charge in [0, 0.05) is 38.8 Å². The second-order valence-electron chi connectivity index (χ2n) is 7.97. The highest BCUT2D eigenvalue weighted by atomic mass is 16.5. The molecule has 6 heteroatoms. The number of aromatic nitrogens is 2. The van der Waals surface area contributed by atoms with Crippen LogP contribution >= 0.6 is 0 Å². The maximum absolute atomic E-state index is 5.88. The number of nitrogens with one attached hydrogen (secondary N) is 1. The van der Waals surface area contributed by atoms with Crippen LogP contribution < -0.4 is 10.1 Å². The number of guanidine groups is 1. The molecule has 0 radical (unpaired) electrons. The Morgan fingerprint density at radius 2 is 1.94 bits per heavy atom. The van der Waals surface area contributed by atoms with Gasteiger partial charge in [0.25, 0.3) is 0 Å². The molecule has 2 heterocycles. The van der Waals surface area contributed by atoms with Crippen molar-refractivity contribution in [3.63, 3.8) is 0 Å². The number of likely N-dealkylation sites (tertiary alicyclic amines) is 1. The highest BCUT2D eigenvalue weighted by molar-refractivity contribution is 5.80. The van der Waals surface area contributed by atoms with Crippen molar-refractivity contribution >= 4 is 5.96 Å². The minimum atomic E-state index is 0.513. The molecule has 1 N–H and O–H groups in total. The van der Waals surface area contributed by atoms with Gasteiger partial charge in [-0.2, -0.15) is 5.10 Å². The molecule has 1 fully saturated rings. The van der Waals surface area contributed by atoms with Gasteiger partial charge >= 0.3 is 0 Å². The lowest BCUT2D eigenvalue weighted by Gasteiger charge is -2.21. The van der Waals surface area contributed by atoms with Crippen LogP contribution in [-0.2, 0) is 20.2 Å². The summed E-state index contributed by atoms with van der Waals surface area (Å²) >= 11 is 0. The minimum absolute atomic E-state index is 0.513. The Balaban J connectivity index is 1.34. The van der Waals surface area contributed by atoms with Crippen molar-refractivity contribution in [1.82, 2.24) is 20.0 Å². The van der Waals surface area contributed by atoms with Gasteiger partial charge < -0.3 is 15.0 Å². The second-order valence-corrected chi connectivity index (χ2v) is 7.97. The van der Waals surface area contributed by atoms with Crippen molar-refractivity contribution < 1.29 is 4.74 Å². The van der Waals surface area contributed by atoms with Crippen LogP contribution in [0.4, 0.5) is 0 Å². The predicted molar refractivity (Wildman–Crippen MR) is 124 cm³/mol. The summed E-state index contributed by atoms with van der Waals surface area (Å²) in [6.07, 6.45) is 5.24. The number of rotatable bonds is 7. The highest BCUT2D eigenvalue weighted by Crippen LogP contribution is 2.26. The monoisotopic (exact) mass is 417 g/mol. The van der Waals surface area contributed by atoms with E-state index in [1.54, 1.807) is 0 Å². The molecule has 0 spiro atoms. The lowest BCUT2D eigenvalue weighted by Crippen LogP contribution is -2.40. The number of benzene rings is 2. The van der Waals surface area contributed by atoms with Gasteiger partial charge in [-0.05, 0) is 42.2 Å². The predicted octanol–water partition coefficient (Wildman–Crippen LogP) is 3.95. The van der Waals surface area contributed by atoms with Gasteiger partial charge in [-0.25, -0.2) is 4.99 Å². The molecule has 1 saturated heterocycles.